The fraction of sp³-hybridized carbons (Fsp3) is 0.640. The number of hydrogen-bond acceptors (Lipinski definition) is 5. The van der Waals surface area contributed by atoms with E-state index in [0.717, 1.165) is 55.9 Å². The predicted molar refractivity (Wildman–Crippen MR) is 123 cm³/mol. The molecule has 1 aliphatic carbocycles. The number of benzene rings is 1. The molecular formula is C25H38N2O3. The fourth-order valence-electron chi connectivity index (χ4n) is 4.84. The normalized spacial score (nSPS) is 27.8. The Labute approximate surface area is 182 Å². The summed E-state index contributed by atoms with van der Waals surface area (Å²) in [4.78, 5) is 8.23. The molecule has 3 aliphatic rings. The zero-order valence-electron chi connectivity index (χ0n) is 19.5. The van der Waals surface area contributed by atoms with Crippen molar-refractivity contribution in [3.63, 3.8) is 0 Å². The van der Waals surface area contributed by atoms with E-state index >= 15 is 0 Å². The zero-order chi connectivity index (χ0) is 21.8. The van der Waals surface area contributed by atoms with E-state index in [-0.39, 0.29) is 5.60 Å². The molecule has 0 N–H and O–H groups in total. The number of methoxy groups -OCH3 is 1. The van der Waals surface area contributed by atoms with Crippen LogP contribution in [-0.2, 0) is 9.57 Å². The molecule has 2 unspecified atom stereocenters. The third kappa shape index (κ3) is 4.89. The topological polar surface area (TPSA) is 43.3 Å². The fourth-order valence-corrected chi connectivity index (χ4v) is 4.84. The molecule has 166 valence electrons. The molecule has 0 amide bonds. The van der Waals surface area contributed by atoms with Crippen LogP contribution < -0.4 is 4.74 Å². The summed E-state index contributed by atoms with van der Waals surface area (Å²) < 4.78 is 11.8. The second-order valence-electron chi connectivity index (χ2n) is 9.05. The van der Waals surface area contributed by atoms with Crippen molar-refractivity contribution < 1.29 is 14.3 Å². The van der Waals surface area contributed by atoms with Gasteiger partial charge < -0.3 is 19.2 Å². The maximum atomic E-state index is 6.53. The van der Waals surface area contributed by atoms with Crippen molar-refractivity contribution in [1.29, 1.82) is 0 Å². The number of ether oxygens (including phenoxy) is 2. The highest BCUT2D eigenvalue weighted by molar-refractivity contribution is 6.10. The van der Waals surface area contributed by atoms with Gasteiger partial charge in [0.15, 0.2) is 0 Å². The first-order valence-electron chi connectivity index (χ1n) is 11.3. The summed E-state index contributed by atoms with van der Waals surface area (Å²) in [6.07, 6.45) is 5.31. The van der Waals surface area contributed by atoms with Gasteiger partial charge in [-0.2, -0.15) is 0 Å². The van der Waals surface area contributed by atoms with Gasteiger partial charge in [-0.05, 0) is 82.5 Å². The number of nitrogens with zero attached hydrogens (tertiary/aromatic N) is 2. The van der Waals surface area contributed by atoms with Gasteiger partial charge in [0.05, 0.1) is 12.7 Å². The van der Waals surface area contributed by atoms with E-state index in [2.05, 4.69) is 62.9 Å². The van der Waals surface area contributed by atoms with Gasteiger partial charge in [0.2, 0.25) is 0 Å². The monoisotopic (exact) mass is 414 g/mol. The SMILES string of the molecule is CCN(CC)CCCO/N=C1/C(=C/c2ccc(OC)cc2)C2CCC1(C)OC2(C)C. The average Bonchev–Trinajstić information content (AvgIpc) is 2.71. The van der Waals surface area contributed by atoms with E-state index in [1.54, 1.807) is 7.11 Å². The minimum atomic E-state index is -0.407. The van der Waals surface area contributed by atoms with Crippen LogP contribution in [0.15, 0.2) is 35.0 Å². The van der Waals surface area contributed by atoms with Gasteiger partial charge in [-0.25, -0.2) is 0 Å². The summed E-state index contributed by atoms with van der Waals surface area (Å²) in [5.74, 6) is 1.17. The summed E-state index contributed by atoms with van der Waals surface area (Å²) in [5.41, 5.74) is 2.72. The summed E-state index contributed by atoms with van der Waals surface area (Å²) in [6.45, 7) is 14.7. The first-order valence-corrected chi connectivity index (χ1v) is 11.3. The number of fused-ring (bicyclic) bond motifs is 3. The van der Waals surface area contributed by atoms with E-state index in [4.69, 9.17) is 14.3 Å². The molecule has 2 heterocycles. The maximum Gasteiger partial charge on any atom is 0.118 e. The standard InChI is InChI=1S/C25H38N2O3/c1-7-27(8-2)16-9-17-29-26-23-21(18-19-10-12-20(28-6)13-11-19)22-14-15-25(23,5)30-24(22,3)4/h10-13,18,22H,7-9,14-17H2,1-6H3/b21-18+,26-23-. The van der Waals surface area contributed by atoms with Crippen molar-refractivity contribution >= 4 is 11.8 Å². The second-order valence-corrected chi connectivity index (χ2v) is 9.05. The Morgan fingerprint density at radius 1 is 1.17 bits per heavy atom. The first kappa shape index (κ1) is 22.8. The van der Waals surface area contributed by atoms with Crippen molar-refractivity contribution in [2.24, 2.45) is 11.1 Å². The van der Waals surface area contributed by atoms with Crippen LogP contribution in [0.4, 0.5) is 0 Å². The minimum absolute atomic E-state index is 0.215. The Morgan fingerprint density at radius 2 is 1.87 bits per heavy atom. The number of rotatable bonds is 9. The van der Waals surface area contributed by atoms with Crippen molar-refractivity contribution in [2.75, 3.05) is 33.4 Å². The van der Waals surface area contributed by atoms with Gasteiger partial charge in [0, 0.05) is 12.5 Å². The number of hydrogen-bond donors (Lipinski definition) is 0. The molecule has 1 aromatic carbocycles. The molecule has 0 radical (unpaired) electrons. The van der Waals surface area contributed by atoms with Crippen LogP contribution in [0.5, 0.6) is 5.75 Å². The molecular weight excluding hydrogens is 376 g/mol. The van der Waals surface area contributed by atoms with Gasteiger partial charge in [0.1, 0.15) is 23.7 Å². The van der Waals surface area contributed by atoms with E-state index in [0.29, 0.717) is 12.5 Å². The molecule has 0 aromatic heterocycles. The van der Waals surface area contributed by atoms with Crippen molar-refractivity contribution in [2.45, 2.75) is 65.1 Å². The Hall–Kier alpha value is -1.85. The molecule has 5 nitrogen and oxygen atoms in total. The highest BCUT2D eigenvalue weighted by Crippen LogP contribution is 2.51. The van der Waals surface area contributed by atoms with Crippen molar-refractivity contribution in [3.8, 4) is 5.75 Å². The van der Waals surface area contributed by atoms with Crippen LogP contribution in [0, 0.1) is 5.92 Å². The molecule has 30 heavy (non-hydrogen) atoms. The van der Waals surface area contributed by atoms with Crippen LogP contribution in [-0.4, -0.2) is 55.2 Å². The van der Waals surface area contributed by atoms with Crippen LogP contribution in [0.1, 0.15) is 59.4 Å². The average molecular weight is 415 g/mol. The molecule has 2 aliphatic heterocycles. The summed E-state index contributed by atoms with van der Waals surface area (Å²) in [7, 11) is 1.69. The minimum Gasteiger partial charge on any atom is -0.497 e. The summed E-state index contributed by atoms with van der Waals surface area (Å²) in [6, 6.07) is 8.18. The molecule has 5 heteroatoms. The van der Waals surface area contributed by atoms with Crippen molar-refractivity contribution in [3.05, 3.63) is 35.4 Å². The Balaban J connectivity index is 1.81. The van der Waals surface area contributed by atoms with Gasteiger partial charge >= 0.3 is 0 Å². The lowest BCUT2D eigenvalue weighted by Crippen LogP contribution is -2.60. The molecule has 1 aromatic rings. The van der Waals surface area contributed by atoms with E-state index in [9.17, 15) is 0 Å². The molecule has 4 rings (SSSR count). The molecule has 1 saturated carbocycles. The Morgan fingerprint density at radius 3 is 2.47 bits per heavy atom. The largest absolute Gasteiger partial charge is 0.497 e. The van der Waals surface area contributed by atoms with Gasteiger partial charge in [-0.3, -0.25) is 0 Å². The molecule has 0 spiro atoms. The Kier molecular flexibility index (Phi) is 7.25. The first-order chi connectivity index (χ1) is 14.3. The molecule has 2 atom stereocenters. The summed E-state index contributed by atoms with van der Waals surface area (Å²) in [5, 5.41) is 4.64. The van der Waals surface area contributed by atoms with Gasteiger partial charge in [-0.1, -0.05) is 31.1 Å². The van der Waals surface area contributed by atoms with E-state index in [1.165, 1.54) is 5.57 Å². The van der Waals surface area contributed by atoms with E-state index in [1.807, 2.05) is 12.1 Å². The third-order valence-electron chi connectivity index (χ3n) is 6.59. The van der Waals surface area contributed by atoms with Crippen LogP contribution >= 0.6 is 0 Å². The lowest BCUT2D eigenvalue weighted by atomic mass is 9.64. The molecule has 2 saturated heterocycles. The summed E-state index contributed by atoms with van der Waals surface area (Å²) >= 11 is 0. The van der Waals surface area contributed by atoms with Crippen molar-refractivity contribution in [1.82, 2.24) is 4.90 Å². The van der Waals surface area contributed by atoms with Crippen LogP contribution in [0.3, 0.4) is 0 Å². The quantitative estimate of drug-likeness (QED) is 0.413. The van der Waals surface area contributed by atoms with E-state index < -0.39 is 5.60 Å². The number of oxime groups is 1. The van der Waals surface area contributed by atoms with Gasteiger partial charge in [-0.15, -0.1) is 0 Å². The van der Waals surface area contributed by atoms with Crippen LogP contribution in [0.2, 0.25) is 0 Å². The highest BCUT2D eigenvalue weighted by atomic mass is 16.6. The molecule has 3 fully saturated rings. The highest BCUT2D eigenvalue weighted by Gasteiger charge is 2.55. The van der Waals surface area contributed by atoms with Gasteiger partial charge in [0.25, 0.3) is 0 Å². The zero-order valence-corrected chi connectivity index (χ0v) is 19.5. The smallest absolute Gasteiger partial charge is 0.118 e. The predicted octanol–water partition coefficient (Wildman–Crippen LogP) is 5.16. The second kappa shape index (κ2) is 9.52. The molecule has 2 bridgehead atoms. The van der Waals surface area contributed by atoms with Crippen LogP contribution in [0.25, 0.3) is 6.08 Å². The lowest BCUT2D eigenvalue weighted by Gasteiger charge is -2.55. The third-order valence-corrected chi connectivity index (χ3v) is 6.59. The lowest BCUT2D eigenvalue weighted by molar-refractivity contribution is -0.165. The maximum absolute atomic E-state index is 6.53. The Bertz CT molecular complexity index is 765.